The van der Waals surface area contributed by atoms with Crippen molar-refractivity contribution in [2.75, 3.05) is 0 Å². The van der Waals surface area contributed by atoms with Crippen molar-refractivity contribution in [1.82, 2.24) is 15.2 Å². The first-order chi connectivity index (χ1) is 8.74. The fourth-order valence-electron chi connectivity index (χ4n) is 2.09. The number of aromatic nitrogens is 3. The molecule has 3 aromatic rings. The van der Waals surface area contributed by atoms with E-state index in [1.807, 2.05) is 24.4 Å². The van der Waals surface area contributed by atoms with Gasteiger partial charge >= 0.3 is 0 Å². The summed E-state index contributed by atoms with van der Waals surface area (Å²) in [5, 5.41) is 8.93. The van der Waals surface area contributed by atoms with E-state index in [4.69, 9.17) is 10.2 Å². The van der Waals surface area contributed by atoms with Gasteiger partial charge < -0.3 is 15.1 Å². The average molecular weight is 242 g/mol. The monoisotopic (exact) mass is 242 g/mol. The molecule has 0 aliphatic heterocycles. The number of nitrogens with two attached hydrogens (primary N) is 1. The highest BCUT2D eigenvalue weighted by Crippen LogP contribution is 2.22. The van der Waals surface area contributed by atoms with E-state index >= 15 is 0 Å². The van der Waals surface area contributed by atoms with Crippen LogP contribution in [0.1, 0.15) is 23.4 Å². The van der Waals surface area contributed by atoms with Gasteiger partial charge in [-0.3, -0.25) is 0 Å². The quantitative estimate of drug-likeness (QED) is 0.737. The molecule has 18 heavy (non-hydrogen) atoms. The van der Waals surface area contributed by atoms with Crippen molar-refractivity contribution in [1.29, 1.82) is 0 Å². The molecule has 0 bridgehead atoms. The molecule has 0 saturated carbocycles. The first-order valence-electron chi connectivity index (χ1n) is 5.84. The van der Waals surface area contributed by atoms with Crippen LogP contribution in [0.25, 0.3) is 10.9 Å². The molecular formula is C13H14N4O. The number of nitrogens with one attached hydrogen (secondary N) is 1. The Morgan fingerprint density at radius 1 is 1.33 bits per heavy atom. The van der Waals surface area contributed by atoms with E-state index in [0.717, 1.165) is 11.1 Å². The Kier molecular flexibility index (Phi) is 2.60. The Hall–Kier alpha value is -2.14. The molecule has 5 nitrogen and oxygen atoms in total. The maximum Gasteiger partial charge on any atom is 0.233 e. The van der Waals surface area contributed by atoms with Crippen LogP contribution in [0.5, 0.6) is 0 Å². The normalized spacial score (nSPS) is 13.0. The van der Waals surface area contributed by atoms with Gasteiger partial charge in [0.1, 0.15) is 0 Å². The molecule has 92 valence electrons. The highest BCUT2D eigenvalue weighted by Gasteiger charge is 2.15. The Morgan fingerprint density at radius 2 is 2.17 bits per heavy atom. The molecule has 1 atom stereocenters. The molecule has 0 aliphatic rings. The van der Waals surface area contributed by atoms with Crippen molar-refractivity contribution < 1.29 is 4.42 Å². The lowest BCUT2D eigenvalue weighted by atomic mass is 10.1. The number of hydrogen-bond acceptors (Lipinski definition) is 4. The van der Waals surface area contributed by atoms with E-state index in [1.165, 1.54) is 5.39 Å². The molecular weight excluding hydrogens is 228 g/mol. The second-order valence-corrected chi connectivity index (χ2v) is 4.33. The number of H-pyrrole nitrogens is 1. The van der Waals surface area contributed by atoms with Crippen LogP contribution >= 0.6 is 0 Å². The van der Waals surface area contributed by atoms with Gasteiger partial charge in [-0.2, -0.15) is 0 Å². The molecule has 0 amide bonds. The first kappa shape index (κ1) is 11.0. The average Bonchev–Trinajstić information content (AvgIpc) is 2.97. The Balaban J connectivity index is 1.88. The lowest BCUT2D eigenvalue weighted by molar-refractivity contribution is 0.429. The molecule has 3 rings (SSSR count). The van der Waals surface area contributed by atoms with Gasteiger partial charge in [0.2, 0.25) is 11.8 Å². The predicted octanol–water partition coefficient (Wildman–Crippen LogP) is 2.10. The highest BCUT2D eigenvalue weighted by atomic mass is 16.4. The summed E-state index contributed by atoms with van der Waals surface area (Å²) in [6.45, 7) is 1.76. The first-order valence-corrected chi connectivity index (χ1v) is 5.84. The molecule has 0 radical (unpaired) electrons. The second-order valence-electron chi connectivity index (χ2n) is 4.33. The number of benzene rings is 1. The second kappa shape index (κ2) is 4.27. The Labute approximate surface area is 104 Å². The summed E-state index contributed by atoms with van der Waals surface area (Å²) < 4.78 is 5.35. The molecule has 2 heterocycles. The largest absolute Gasteiger partial charge is 0.424 e. The summed E-state index contributed by atoms with van der Waals surface area (Å²) >= 11 is 0. The van der Waals surface area contributed by atoms with E-state index in [0.29, 0.717) is 18.2 Å². The van der Waals surface area contributed by atoms with Crippen molar-refractivity contribution >= 4 is 10.9 Å². The molecule has 0 spiro atoms. The zero-order valence-electron chi connectivity index (χ0n) is 10.1. The molecule has 2 aromatic heterocycles. The van der Waals surface area contributed by atoms with Crippen LogP contribution in [0.4, 0.5) is 0 Å². The number of nitrogens with zero attached hydrogens (tertiary/aromatic N) is 2. The lowest BCUT2D eigenvalue weighted by Gasteiger charge is -2.05. The van der Waals surface area contributed by atoms with Crippen molar-refractivity contribution in [3.63, 3.8) is 0 Å². The number of fused-ring (bicyclic) bond motifs is 1. The topological polar surface area (TPSA) is 80.7 Å². The van der Waals surface area contributed by atoms with E-state index in [2.05, 4.69) is 21.2 Å². The van der Waals surface area contributed by atoms with Crippen LogP contribution in [0, 0.1) is 6.92 Å². The number of para-hydroxylation sites is 1. The minimum atomic E-state index is -0.273. The van der Waals surface area contributed by atoms with Gasteiger partial charge in [-0.1, -0.05) is 18.2 Å². The molecule has 0 saturated heterocycles. The summed E-state index contributed by atoms with van der Waals surface area (Å²) in [7, 11) is 0. The van der Waals surface area contributed by atoms with Gasteiger partial charge in [-0.05, 0) is 18.1 Å². The van der Waals surface area contributed by atoms with Crippen molar-refractivity contribution in [2.45, 2.75) is 19.4 Å². The predicted molar refractivity (Wildman–Crippen MR) is 68.0 cm³/mol. The number of hydrogen-bond donors (Lipinski definition) is 2. The SMILES string of the molecule is Cc1nnc(C(N)Cc2c[nH]c3ccccc23)o1. The lowest BCUT2D eigenvalue weighted by Crippen LogP contribution is -2.13. The minimum Gasteiger partial charge on any atom is -0.424 e. The number of aromatic amines is 1. The summed E-state index contributed by atoms with van der Waals surface area (Å²) in [5.41, 5.74) is 8.35. The van der Waals surface area contributed by atoms with Crippen LogP contribution < -0.4 is 5.73 Å². The molecule has 5 heteroatoms. The summed E-state index contributed by atoms with van der Waals surface area (Å²) in [4.78, 5) is 3.23. The Bertz CT molecular complexity index is 670. The fourth-order valence-corrected chi connectivity index (χ4v) is 2.09. The molecule has 3 N–H and O–H groups in total. The summed E-state index contributed by atoms with van der Waals surface area (Å²) in [5.74, 6) is 1.03. The number of aryl methyl sites for hydroxylation is 1. The van der Waals surface area contributed by atoms with Crippen molar-refractivity contribution in [2.24, 2.45) is 5.73 Å². The smallest absolute Gasteiger partial charge is 0.233 e. The zero-order chi connectivity index (χ0) is 12.5. The summed E-state index contributed by atoms with van der Waals surface area (Å²) in [6.07, 6.45) is 2.65. The molecule has 0 aliphatic carbocycles. The van der Waals surface area contributed by atoms with Gasteiger partial charge in [0.15, 0.2) is 0 Å². The van der Waals surface area contributed by atoms with E-state index < -0.39 is 0 Å². The number of rotatable bonds is 3. The van der Waals surface area contributed by atoms with Crippen LogP contribution in [-0.2, 0) is 6.42 Å². The summed E-state index contributed by atoms with van der Waals surface area (Å²) in [6, 6.07) is 7.87. The minimum absolute atomic E-state index is 0.273. The van der Waals surface area contributed by atoms with Gasteiger partial charge in [0.05, 0.1) is 6.04 Å². The molecule has 1 aromatic carbocycles. The maximum atomic E-state index is 6.08. The van der Waals surface area contributed by atoms with E-state index in [1.54, 1.807) is 6.92 Å². The van der Waals surface area contributed by atoms with Crippen LogP contribution in [0.15, 0.2) is 34.9 Å². The van der Waals surface area contributed by atoms with Gasteiger partial charge in [0.25, 0.3) is 0 Å². The van der Waals surface area contributed by atoms with Crippen LogP contribution in [-0.4, -0.2) is 15.2 Å². The van der Waals surface area contributed by atoms with Crippen LogP contribution in [0.3, 0.4) is 0 Å². The van der Waals surface area contributed by atoms with Gasteiger partial charge in [0, 0.05) is 24.0 Å². The molecule has 0 fully saturated rings. The third-order valence-corrected chi connectivity index (χ3v) is 2.97. The fraction of sp³-hybridized carbons (Fsp3) is 0.231. The standard InChI is InChI=1S/C13H14N4O/c1-8-16-17-13(18-8)11(14)6-9-7-15-12-5-3-2-4-10(9)12/h2-5,7,11,15H,6,14H2,1H3. The van der Waals surface area contributed by atoms with Crippen molar-refractivity contribution in [3.05, 3.63) is 47.8 Å². The highest BCUT2D eigenvalue weighted by molar-refractivity contribution is 5.83. The molecule has 1 unspecified atom stereocenters. The van der Waals surface area contributed by atoms with Crippen LogP contribution in [0.2, 0.25) is 0 Å². The third-order valence-electron chi connectivity index (χ3n) is 2.97. The Morgan fingerprint density at radius 3 is 2.94 bits per heavy atom. The van der Waals surface area contributed by atoms with Gasteiger partial charge in [-0.15, -0.1) is 10.2 Å². The van der Waals surface area contributed by atoms with E-state index in [9.17, 15) is 0 Å². The third kappa shape index (κ3) is 1.89. The van der Waals surface area contributed by atoms with Gasteiger partial charge in [-0.25, -0.2) is 0 Å². The van der Waals surface area contributed by atoms with Crippen molar-refractivity contribution in [3.8, 4) is 0 Å². The maximum absolute atomic E-state index is 6.08. The van der Waals surface area contributed by atoms with E-state index in [-0.39, 0.29) is 6.04 Å². The zero-order valence-corrected chi connectivity index (χ0v) is 10.1.